The summed E-state index contributed by atoms with van der Waals surface area (Å²) in [6.07, 6.45) is 3.04. The highest BCUT2D eigenvalue weighted by Crippen LogP contribution is 2.35. The van der Waals surface area contributed by atoms with Gasteiger partial charge in [0.15, 0.2) is 0 Å². The van der Waals surface area contributed by atoms with Gasteiger partial charge in [0.2, 0.25) is 0 Å². The summed E-state index contributed by atoms with van der Waals surface area (Å²) in [5.74, 6) is 0.857. The number of rotatable bonds is 4. The zero-order valence-electron chi connectivity index (χ0n) is 11.1. The van der Waals surface area contributed by atoms with E-state index in [1.807, 2.05) is 18.2 Å². The molecular formula is C15H22O3. The zero-order valence-corrected chi connectivity index (χ0v) is 11.1. The number of hydrogen-bond donors (Lipinski definition) is 2. The molecule has 100 valence electrons. The lowest BCUT2D eigenvalue weighted by Gasteiger charge is -2.24. The predicted octanol–water partition coefficient (Wildman–Crippen LogP) is 2.60. The molecular weight excluding hydrogens is 228 g/mol. The molecule has 1 atom stereocenters. The van der Waals surface area contributed by atoms with Gasteiger partial charge in [-0.05, 0) is 50.3 Å². The topological polar surface area (TPSA) is 49.7 Å². The third-order valence-electron chi connectivity index (χ3n) is 3.40. The fourth-order valence-corrected chi connectivity index (χ4v) is 2.34. The van der Waals surface area contributed by atoms with Crippen LogP contribution in [0.1, 0.15) is 50.3 Å². The third kappa shape index (κ3) is 3.24. The van der Waals surface area contributed by atoms with Crippen molar-refractivity contribution in [3.63, 3.8) is 0 Å². The van der Waals surface area contributed by atoms with Crippen molar-refractivity contribution in [1.29, 1.82) is 0 Å². The Labute approximate surface area is 108 Å². The van der Waals surface area contributed by atoms with Crippen LogP contribution >= 0.6 is 0 Å². The Kier molecular flexibility index (Phi) is 3.93. The molecule has 0 bridgehead atoms. The third-order valence-corrected chi connectivity index (χ3v) is 3.40. The fraction of sp³-hybridized carbons (Fsp3) is 0.600. The smallest absolute Gasteiger partial charge is 0.122 e. The van der Waals surface area contributed by atoms with Crippen LogP contribution in [-0.2, 0) is 6.42 Å². The summed E-state index contributed by atoms with van der Waals surface area (Å²) in [5, 5.41) is 19.6. The lowest BCUT2D eigenvalue weighted by molar-refractivity contribution is 0.0550. The monoisotopic (exact) mass is 250 g/mol. The number of aliphatic hydroxyl groups excluding tert-OH is 1. The molecule has 0 saturated carbocycles. The molecule has 0 spiro atoms. The van der Waals surface area contributed by atoms with E-state index in [9.17, 15) is 10.2 Å². The van der Waals surface area contributed by atoms with Crippen LogP contribution in [0.4, 0.5) is 0 Å². The molecule has 18 heavy (non-hydrogen) atoms. The van der Waals surface area contributed by atoms with E-state index in [0.29, 0.717) is 13.0 Å². The summed E-state index contributed by atoms with van der Waals surface area (Å²) in [6.45, 7) is 4.05. The molecule has 0 aliphatic heterocycles. The van der Waals surface area contributed by atoms with Crippen LogP contribution in [0.3, 0.4) is 0 Å². The molecule has 0 fully saturated rings. The van der Waals surface area contributed by atoms with Crippen molar-refractivity contribution in [2.45, 2.75) is 51.2 Å². The number of hydrogen-bond acceptors (Lipinski definition) is 3. The van der Waals surface area contributed by atoms with Gasteiger partial charge in [0, 0.05) is 6.42 Å². The number of fused-ring (bicyclic) bond motifs is 1. The van der Waals surface area contributed by atoms with Crippen LogP contribution in [0.5, 0.6) is 5.75 Å². The lowest BCUT2D eigenvalue weighted by Crippen LogP contribution is -2.22. The van der Waals surface area contributed by atoms with Crippen LogP contribution in [0, 0.1) is 0 Å². The molecule has 0 amide bonds. The van der Waals surface area contributed by atoms with Gasteiger partial charge >= 0.3 is 0 Å². The van der Waals surface area contributed by atoms with Gasteiger partial charge in [-0.3, -0.25) is 0 Å². The second kappa shape index (κ2) is 5.29. The second-order valence-corrected chi connectivity index (χ2v) is 5.64. The highest BCUT2D eigenvalue weighted by Gasteiger charge is 2.21. The summed E-state index contributed by atoms with van der Waals surface area (Å²) in [7, 11) is 0. The average molecular weight is 250 g/mol. The Balaban J connectivity index is 2.07. The molecule has 3 heteroatoms. The van der Waals surface area contributed by atoms with Gasteiger partial charge in [-0.2, -0.15) is 0 Å². The fourth-order valence-electron chi connectivity index (χ4n) is 2.34. The molecule has 2 N–H and O–H groups in total. The van der Waals surface area contributed by atoms with Crippen molar-refractivity contribution < 1.29 is 14.9 Å². The minimum Gasteiger partial charge on any atom is -0.493 e. The molecule has 1 unspecified atom stereocenters. The first-order valence-corrected chi connectivity index (χ1v) is 6.62. The highest BCUT2D eigenvalue weighted by atomic mass is 16.5. The maximum Gasteiger partial charge on any atom is 0.122 e. The van der Waals surface area contributed by atoms with Crippen LogP contribution < -0.4 is 4.74 Å². The van der Waals surface area contributed by atoms with E-state index in [-0.39, 0.29) is 6.10 Å². The van der Waals surface area contributed by atoms with Crippen molar-refractivity contribution >= 4 is 0 Å². The van der Waals surface area contributed by atoms with Gasteiger partial charge in [-0.25, -0.2) is 0 Å². The van der Waals surface area contributed by atoms with E-state index in [0.717, 1.165) is 36.1 Å². The van der Waals surface area contributed by atoms with E-state index >= 15 is 0 Å². The van der Waals surface area contributed by atoms with Gasteiger partial charge in [0.25, 0.3) is 0 Å². The zero-order chi connectivity index (χ0) is 13.2. The van der Waals surface area contributed by atoms with Crippen LogP contribution in [0.25, 0.3) is 0 Å². The first kappa shape index (κ1) is 13.4. The number of ether oxygens (including phenoxy) is 1. The Hall–Kier alpha value is -1.06. The lowest BCUT2D eigenvalue weighted by atomic mass is 9.89. The van der Waals surface area contributed by atoms with E-state index in [1.165, 1.54) is 0 Å². The number of benzene rings is 1. The van der Waals surface area contributed by atoms with Crippen LogP contribution in [0.15, 0.2) is 18.2 Å². The van der Waals surface area contributed by atoms with E-state index < -0.39 is 5.60 Å². The Morgan fingerprint density at radius 2 is 2.17 bits per heavy atom. The van der Waals surface area contributed by atoms with Gasteiger partial charge in [0.05, 0.1) is 18.3 Å². The molecule has 1 aromatic rings. The number of aliphatic hydroxyl groups is 2. The molecule has 1 aliphatic carbocycles. The van der Waals surface area contributed by atoms with Crippen LogP contribution in [-0.4, -0.2) is 22.4 Å². The normalized spacial score (nSPS) is 19.4. The van der Waals surface area contributed by atoms with Crippen molar-refractivity contribution in [3.8, 4) is 5.75 Å². The van der Waals surface area contributed by atoms with Crippen molar-refractivity contribution in [3.05, 3.63) is 29.3 Å². The molecule has 0 saturated heterocycles. The predicted molar refractivity (Wildman–Crippen MR) is 70.7 cm³/mol. The molecule has 1 aliphatic rings. The Morgan fingerprint density at radius 1 is 1.39 bits per heavy atom. The van der Waals surface area contributed by atoms with E-state index in [2.05, 4.69) is 0 Å². The molecule has 3 nitrogen and oxygen atoms in total. The summed E-state index contributed by atoms with van der Waals surface area (Å²) >= 11 is 0. The van der Waals surface area contributed by atoms with Gasteiger partial charge < -0.3 is 14.9 Å². The molecule has 1 aromatic carbocycles. The van der Waals surface area contributed by atoms with Gasteiger partial charge in [-0.1, -0.05) is 12.1 Å². The quantitative estimate of drug-likeness (QED) is 0.863. The largest absolute Gasteiger partial charge is 0.493 e. The van der Waals surface area contributed by atoms with Crippen molar-refractivity contribution in [2.24, 2.45) is 0 Å². The van der Waals surface area contributed by atoms with Crippen LogP contribution in [0.2, 0.25) is 0 Å². The molecule has 0 radical (unpaired) electrons. The maximum atomic E-state index is 9.94. The highest BCUT2D eigenvalue weighted by molar-refractivity contribution is 5.42. The van der Waals surface area contributed by atoms with Crippen molar-refractivity contribution in [2.75, 3.05) is 6.61 Å². The summed E-state index contributed by atoms with van der Waals surface area (Å²) in [4.78, 5) is 0. The molecule has 0 heterocycles. The standard InChI is InChI=1S/C15H22O3/c1-15(2,17)9-10-18-14-8-4-5-11-12(14)6-3-7-13(11)16/h4-5,8,13,16-17H,3,6-7,9-10H2,1-2H3. The SMILES string of the molecule is CC(C)(O)CCOc1cccc2c1CCCC2O. The Morgan fingerprint density at radius 3 is 2.89 bits per heavy atom. The first-order valence-electron chi connectivity index (χ1n) is 6.62. The minimum absolute atomic E-state index is 0.355. The summed E-state index contributed by atoms with van der Waals surface area (Å²) < 4.78 is 5.76. The van der Waals surface area contributed by atoms with E-state index in [1.54, 1.807) is 13.8 Å². The summed E-state index contributed by atoms with van der Waals surface area (Å²) in [5.41, 5.74) is 1.43. The van der Waals surface area contributed by atoms with Gasteiger partial charge in [0.1, 0.15) is 5.75 Å². The maximum absolute atomic E-state index is 9.94. The second-order valence-electron chi connectivity index (χ2n) is 5.64. The van der Waals surface area contributed by atoms with Gasteiger partial charge in [-0.15, -0.1) is 0 Å². The first-order chi connectivity index (χ1) is 8.47. The molecule has 0 aromatic heterocycles. The van der Waals surface area contributed by atoms with Crippen molar-refractivity contribution in [1.82, 2.24) is 0 Å². The Bertz CT molecular complexity index is 407. The molecule has 2 rings (SSSR count). The minimum atomic E-state index is -0.700. The average Bonchev–Trinajstić information content (AvgIpc) is 2.29. The summed E-state index contributed by atoms with van der Waals surface area (Å²) in [6, 6.07) is 5.84. The van der Waals surface area contributed by atoms with E-state index in [4.69, 9.17) is 4.74 Å².